The molecule has 1 rings (SSSR count). The summed E-state index contributed by atoms with van der Waals surface area (Å²) in [5.41, 5.74) is 9.98. The summed E-state index contributed by atoms with van der Waals surface area (Å²) >= 11 is 0. The third kappa shape index (κ3) is 2.92. The molecule has 0 aliphatic carbocycles. The number of rotatable bonds is 5. The monoisotopic (exact) mass is 197 g/mol. The molecule has 0 fully saturated rings. The first-order valence-electron chi connectivity index (χ1n) is 5.08. The molecule has 0 bridgehead atoms. The van der Waals surface area contributed by atoms with Crippen LogP contribution in [0.2, 0.25) is 0 Å². The maximum Gasteiger partial charge on any atom is 0.0789 e. The molecular weight excluding hydrogens is 178 g/mol. The number of nitrogens with zero attached hydrogens (tertiary/aromatic N) is 2. The van der Waals surface area contributed by atoms with Crippen LogP contribution >= 0.6 is 0 Å². The molecular formula is C9H19N5. The van der Waals surface area contributed by atoms with Gasteiger partial charge in [0.05, 0.1) is 17.6 Å². The lowest BCUT2D eigenvalue weighted by Gasteiger charge is -2.24. The lowest BCUT2D eigenvalue weighted by atomic mass is 10.1. The summed E-state index contributed by atoms with van der Waals surface area (Å²) in [5.74, 6) is 5.65. The molecule has 0 spiro atoms. The molecule has 5 N–H and O–H groups in total. The van der Waals surface area contributed by atoms with E-state index in [0.717, 1.165) is 18.5 Å². The van der Waals surface area contributed by atoms with E-state index >= 15 is 0 Å². The van der Waals surface area contributed by atoms with E-state index in [-0.39, 0.29) is 0 Å². The minimum Gasteiger partial charge on any atom is -0.396 e. The van der Waals surface area contributed by atoms with Crippen molar-refractivity contribution in [2.24, 2.45) is 16.7 Å². The van der Waals surface area contributed by atoms with E-state index < -0.39 is 0 Å². The van der Waals surface area contributed by atoms with Crippen LogP contribution in [-0.2, 0) is 0 Å². The Morgan fingerprint density at radius 3 is 2.86 bits per heavy atom. The number of hydrogen-bond donors (Lipinski definition) is 3. The number of hydrogen-bond acceptors (Lipinski definition) is 5. The van der Waals surface area contributed by atoms with Gasteiger partial charge < -0.3 is 5.73 Å². The molecule has 0 amide bonds. The average molecular weight is 197 g/mol. The smallest absolute Gasteiger partial charge is 0.0789 e. The van der Waals surface area contributed by atoms with Crippen molar-refractivity contribution in [2.75, 3.05) is 0 Å². The van der Waals surface area contributed by atoms with E-state index in [9.17, 15) is 0 Å². The van der Waals surface area contributed by atoms with Gasteiger partial charge in [0.15, 0.2) is 0 Å². The molecule has 1 aliphatic rings. The summed E-state index contributed by atoms with van der Waals surface area (Å²) in [6.07, 6.45) is 7.34. The molecule has 1 aliphatic heterocycles. The summed E-state index contributed by atoms with van der Waals surface area (Å²) in [6.45, 7) is 2.19. The number of unbranched alkanes of at least 4 members (excludes halogenated alkanes) is 3. The van der Waals surface area contributed by atoms with Crippen molar-refractivity contribution in [3.63, 3.8) is 0 Å². The van der Waals surface area contributed by atoms with Crippen LogP contribution in [-0.4, -0.2) is 11.3 Å². The highest BCUT2D eigenvalue weighted by Gasteiger charge is 2.11. The molecule has 0 aromatic carbocycles. The zero-order valence-electron chi connectivity index (χ0n) is 8.66. The highest BCUT2D eigenvalue weighted by Crippen LogP contribution is 2.13. The first-order valence-corrected chi connectivity index (χ1v) is 5.08. The fourth-order valence-electron chi connectivity index (χ4n) is 1.42. The first-order chi connectivity index (χ1) is 6.75. The number of hydrazone groups is 1. The molecule has 5 nitrogen and oxygen atoms in total. The minimum atomic E-state index is 0.655. The highest BCUT2D eigenvalue weighted by molar-refractivity contribution is 5.78. The molecule has 0 aromatic rings. The predicted octanol–water partition coefficient (Wildman–Crippen LogP) is 0.807. The van der Waals surface area contributed by atoms with Gasteiger partial charge >= 0.3 is 0 Å². The summed E-state index contributed by atoms with van der Waals surface area (Å²) in [5, 5.41) is 5.17. The zero-order valence-corrected chi connectivity index (χ0v) is 8.66. The second-order valence-corrected chi connectivity index (χ2v) is 3.44. The third-order valence-corrected chi connectivity index (χ3v) is 2.26. The summed E-state index contributed by atoms with van der Waals surface area (Å²) in [4.78, 5) is 0. The van der Waals surface area contributed by atoms with Gasteiger partial charge in [-0.25, -0.2) is 16.5 Å². The fourth-order valence-corrected chi connectivity index (χ4v) is 1.42. The van der Waals surface area contributed by atoms with Crippen molar-refractivity contribution in [1.82, 2.24) is 10.7 Å². The summed E-state index contributed by atoms with van der Waals surface area (Å²) in [7, 11) is 0. The van der Waals surface area contributed by atoms with Crippen molar-refractivity contribution >= 4 is 6.21 Å². The predicted molar refractivity (Wildman–Crippen MR) is 57.6 cm³/mol. The maximum absolute atomic E-state index is 5.75. The van der Waals surface area contributed by atoms with Gasteiger partial charge in [-0.05, 0) is 12.8 Å². The molecule has 0 aromatic heterocycles. The van der Waals surface area contributed by atoms with Gasteiger partial charge in [0.25, 0.3) is 0 Å². The largest absolute Gasteiger partial charge is 0.396 e. The van der Waals surface area contributed by atoms with Gasteiger partial charge in [-0.1, -0.05) is 26.2 Å². The standard InChI is InChI=1S/C9H19N5/c1-2-3-4-5-6-9-8(10)7-12-13-14(9)11/h7,13H,2-6,10-11H2,1H3. The van der Waals surface area contributed by atoms with E-state index in [1.54, 1.807) is 6.21 Å². The molecule has 80 valence electrons. The number of nitrogens with two attached hydrogens (primary N) is 2. The van der Waals surface area contributed by atoms with Crippen molar-refractivity contribution in [3.8, 4) is 0 Å². The Morgan fingerprint density at radius 2 is 2.21 bits per heavy atom. The highest BCUT2D eigenvalue weighted by atomic mass is 15.8. The Labute approximate surface area is 84.8 Å². The normalized spacial score (nSPS) is 16.0. The lowest BCUT2D eigenvalue weighted by Crippen LogP contribution is -2.43. The van der Waals surface area contributed by atoms with E-state index in [2.05, 4.69) is 17.6 Å². The SMILES string of the molecule is CCCCCCC1=C(N)C=NNN1N. The number of nitrogens with one attached hydrogen (secondary N) is 1. The van der Waals surface area contributed by atoms with E-state index in [0.29, 0.717) is 5.70 Å². The Bertz CT molecular complexity index is 233. The van der Waals surface area contributed by atoms with Gasteiger partial charge in [0, 0.05) is 0 Å². The van der Waals surface area contributed by atoms with Crippen molar-refractivity contribution in [2.45, 2.75) is 39.0 Å². The van der Waals surface area contributed by atoms with Crippen LogP contribution in [0.3, 0.4) is 0 Å². The molecule has 0 radical (unpaired) electrons. The van der Waals surface area contributed by atoms with E-state index in [1.165, 1.54) is 24.4 Å². The van der Waals surface area contributed by atoms with Crippen LogP contribution in [0.25, 0.3) is 0 Å². The van der Waals surface area contributed by atoms with Crippen molar-refractivity contribution < 1.29 is 0 Å². The van der Waals surface area contributed by atoms with Crippen LogP contribution in [0.15, 0.2) is 16.5 Å². The van der Waals surface area contributed by atoms with Crippen LogP contribution < -0.4 is 17.1 Å². The Morgan fingerprint density at radius 1 is 1.43 bits per heavy atom. The molecule has 5 heteroatoms. The van der Waals surface area contributed by atoms with Gasteiger partial charge in [0.1, 0.15) is 0 Å². The quantitative estimate of drug-likeness (QED) is 0.450. The first kappa shape index (κ1) is 10.8. The molecule has 0 atom stereocenters. The second kappa shape index (κ2) is 5.49. The fraction of sp³-hybridized carbons (Fsp3) is 0.667. The van der Waals surface area contributed by atoms with Crippen LogP contribution in [0.1, 0.15) is 39.0 Å². The van der Waals surface area contributed by atoms with Crippen LogP contribution in [0.4, 0.5) is 0 Å². The van der Waals surface area contributed by atoms with Gasteiger partial charge in [-0.2, -0.15) is 5.10 Å². The molecule has 0 saturated heterocycles. The summed E-state index contributed by atoms with van der Waals surface area (Å²) in [6, 6.07) is 0. The lowest BCUT2D eigenvalue weighted by molar-refractivity contribution is 0.241. The number of hydrazine groups is 2. The van der Waals surface area contributed by atoms with Crippen LogP contribution in [0.5, 0.6) is 0 Å². The molecule has 14 heavy (non-hydrogen) atoms. The van der Waals surface area contributed by atoms with E-state index in [1.807, 2.05) is 0 Å². The maximum atomic E-state index is 5.75. The zero-order chi connectivity index (χ0) is 10.4. The van der Waals surface area contributed by atoms with Gasteiger partial charge in [0.2, 0.25) is 0 Å². The average Bonchev–Trinajstić information content (AvgIpc) is 2.16. The van der Waals surface area contributed by atoms with E-state index in [4.69, 9.17) is 11.6 Å². The second-order valence-electron chi connectivity index (χ2n) is 3.44. The molecule has 0 saturated carbocycles. The van der Waals surface area contributed by atoms with Gasteiger partial charge in [-0.3, -0.25) is 0 Å². The van der Waals surface area contributed by atoms with Crippen LogP contribution in [0, 0.1) is 0 Å². The molecule has 0 unspecified atom stereocenters. The van der Waals surface area contributed by atoms with Gasteiger partial charge in [-0.15, -0.1) is 0 Å². The van der Waals surface area contributed by atoms with Crippen molar-refractivity contribution in [3.05, 3.63) is 11.4 Å². The van der Waals surface area contributed by atoms with Crippen molar-refractivity contribution in [1.29, 1.82) is 0 Å². The number of allylic oxidation sites excluding steroid dienone is 2. The Balaban J connectivity index is 2.37. The Hall–Kier alpha value is -1.23. The third-order valence-electron chi connectivity index (χ3n) is 2.26. The summed E-state index contributed by atoms with van der Waals surface area (Å²) < 4.78 is 0. The molecule has 1 heterocycles. The topological polar surface area (TPSA) is 79.7 Å². The minimum absolute atomic E-state index is 0.655. The Kier molecular flexibility index (Phi) is 4.25.